The lowest BCUT2D eigenvalue weighted by atomic mass is 10.2. The first kappa shape index (κ1) is 17.6. The van der Waals surface area contributed by atoms with Gasteiger partial charge in [-0.3, -0.25) is 4.90 Å². The molecule has 0 saturated carbocycles. The van der Waals surface area contributed by atoms with Crippen molar-refractivity contribution in [2.75, 3.05) is 18.1 Å². The van der Waals surface area contributed by atoms with Crippen molar-refractivity contribution >= 4 is 40.5 Å². The van der Waals surface area contributed by atoms with Gasteiger partial charge in [-0.15, -0.1) is 11.3 Å². The molecule has 0 aliphatic rings. The van der Waals surface area contributed by atoms with E-state index in [1.165, 1.54) is 4.88 Å². The summed E-state index contributed by atoms with van der Waals surface area (Å²) in [5, 5.41) is 3.16. The van der Waals surface area contributed by atoms with Gasteiger partial charge in [0.05, 0.1) is 10.4 Å². The van der Waals surface area contributed by atoms with Crippen molar-refractivity contribution in [2.45, 2.75) is 19.5 Å². The van der Waals surface area contributed by atoms with Crippen LogP contribution in [0.25, 0.3) is 0 Å². The maximum atomic E-state index is 6.00. The molecule has 6 nitrogen and oxygen atoms in total. The minimum atomic E-state index is -0.0255. The van der Waals surface area contributed by atoms with Crippen molar-refractivity contribution < 1.29 is 0 Å². The number of thiophene rings is 1. The second kappa shape index (κ2) is 7.77. The first-order chi connectivity index (χ1) is 12.0. The van der Waals surface area contributed by atoms with Gasteiger partial charge in [0, 0.05) is 17.1 Å². The molecule has 8 heteroatoms. The summed E-state index contributed by atoms with van der Waals surface area (Å²) >= 11 is 7.57. The first-order valence-corrected chi connectivity index (χ1v) is 8.98. The van der Waals surface area contributed by atoms with Gasteiger partial charge in [-0.05, 0) is 38.2 Å². The van der Waals surface area contributed by atoms with Gasteiger partial charge in [-0.2, -0.15) is 15.0 Å². The molecule has 1 atom stereocenters. The molecule has 0 spiro atoms. The highest BCUT2D eigenvalue weighted by Gasteiger charge is 2.18. The fourth-order valence-corrected chi connectivity index (χ4v) is 3.47. The second-order valence-electron chi connectivity index (χ2n) is 5.66. The number of nitrogens with zero attached hydrogens (tertiary/aromatic N) is 4. The number of rotatable bonds is 6. The van der Waals surface area contributed by atoms with E-state index in [0.717, 1.165) is 16.6 Å². The van der Waals surface area contributed by atoms with Gasteiger partial charge >= 0.3 is 0 Å². The minimum absolute atomic E-state index is 0.0255. The van der Waals surface area contributed by atoms with E-state index < -0.39 is 0 Å². The predicted molar refractivity (Wildman–Crippen MR) is 103 cm³/mol. The van der Waals surface area contributed by atoms with Crippen molar-refractivity contribution in [1.82, 2.24) is 19.9 Å². The number of hydrogen-bond donors (Lipinski definition) is 2. The summed E-state index contributed by atoms with van der Waals surface area (Å²) in [6.45, 7) is 2.79. The lowest BCUT2D eigenvalue weighted by Gasteiger charge is -2.23. The molecule has 0 amide bonds. The van der Waals surface area contributed by atoms with E-state index in [1.54, 1.807) is 11.3 Å². The Morgan fingerprint density at radius 2 is 1.92 bits per heavy atom. The maximum Gasteiger partial charge on any atom is 0.232 e. The van der Waals surface area contributed by atoms with Crippen molar-refractivity contribution in [3.8, 4) is 0 Å². The van der Waals surface area contributed by atoms with Crippen LogP contribution in [0.5, 0.6) is 0 Å². The van der Waals surface area contributed by atoms with E-state index >= 15 is 0 Å². The van der Waals surface area contributed by atoms with E-state index in [0.29, 0.717) is 11.8 Å². The number of nitrogens with one attached hydrogen (secondary N) is 1. The van der Waals surface area contributed by atoms with Crippen LogP contribution >= 0.6 is 22.9 Å². The van der Waals surface area contributed by atoms with Gasteiger partial charge in [-0.25, -0.2) is 0 Å². The molecule has 0 fully saturated rings. The number of aromatic nitrogens is 3. The molecule has 25 heavy (non-hydrogen) atoms. The highest BCUT2D eigenvalue weighted by atomic mass is 35.5. The summed E-state index contributed by atoms with van der Waals surface area (Å²) in [6.07, 6.45) is 0. The molecule has 0 aliphatic carbocycles. The highest BCUT2D eigenvalue weighted by molar-refractivity contribution is 7.16. The molecule has 1 aromatic carbocycles. The molecule has 130 valence electrons. The maximum absolute atomic E-state index is 6.00. The predicted octanol–water partition coefficient (Wildman–Crippen LogP) is 4.11. The van der Waals surface area contributed by atoms with E-state index in [9.17, 15) is 0 Å². The number of nitrogen functional groups attached to an aromatic ring is 1. The quantitative estimate of drug-likeness (QED) is 0.676. The zero-order chi connectivity index (χ0) is 17.8. The molecule has 0 aliphatic heterocycles. The topological polar surface area (TPSA) is 80.0 Å². The number of hydrogen-bond acceptors (Lipinski definition) is 7. The van der Waals surface area contributed by atoms with Crippen LogP contribution in [0.4, 0.5) is 17.6 Å². The summed E-state index contributed by atoms with van der Waals surface area (Å²) in [5.74, 6) is 1.26. The Balaban J connectivity index is 1.76. The Hall–Kier alpha value is -2.22. The molecule has 1 unspecified atom stereocenters. The van der Waals surface area contributed by atoms with Crippen LogP contribution in [-0.4, -0.2) is 26.9 Å². The van der Waals surface area contributed by atoms with Crippen LogP contribution in [0.3, 0.4) is 0 Å². The lowest BCUT2D eigenvalue weighted by molar-refractivity contribution is 0.246. The van der Waals surface area contributed by atoms with E-state index in [2.05, 4.69) is 25.2 Å². The monoisotopic (exact) mass is 374 g/mol. The number of benzene rings is 1. The van der Waals surface area contributed by atoms with Crippen LogP contribution in [0.1, 0.15) is 23.7 Å². The highest BCUT2D eigenvalue weighted by Crippen LogP contribution is 2.25. The van der Waals surface area contributed by atoms with Gasteiger partial charge in [0.25, 0.3) is 0 Å². The smallest absolute Gasteiger partial charge is 0.232 e. The lowest BCUT2D eigenvalue weighted by Crippen LogP contribution is -2.24. The van der Waals surface area contributed by atoms with Gasteiger partial charge in [-0.1, -0.05) is 29.8 Å². The number of anilines is 3. The molecule has 3 aromatic rings. The number of para-hydroxylation sites is 1. The third kappa shape index (κ3) is 4.66. The fourth-order valence-electron chi connectivity index (χ4n) is 2.32. The Morgan fingerprint density at radius 3 is 2.60 bits per heavy atom. The summed E-state index contributed by atoms with van der Waals surface area (Å²) in [4.78, 5) is 16.3. The number of nitrogens with two attached hydrogens (primary N) is 1. The van der Waals surface area contributed by atoms with Crippen LogP contribution in [0.15, 0.2) is 42.5 Å². The standard InChI is InChI=1S/C17H19ClN6S/c1-11(24(2)10-13-8-9-14(18)25-13)15-21-16(19)23-17(22-15)20-12-6-4-3-5-7-12/h3-9,11H,10H2,1-2H3,(H3,19,20,21,22,23). The number of halogens is 1. The molecule has 2 heterocycles. The van der Waals surface area contributed by atoms with Crippen molar-refractivity contribution in [1.29, 1.82) is 0 Å². The molecular weight excluding hydrogens is 356 g/mol. The van der Waals surface area contributed by atoms with E-state index in [-0.39, 0.29) is 12.0 Å². The van der Waals surface area contributed by atoms with Gasteiger partial charge in [0.15, 0.2) is 5.82 Å². The van der Waals surface area contributed by atoms with Crippen molar-refractivity contribution in [2.24, 2.45) is 0 Å². The average molecular weight is 375 g/mol. The summed E-state index contributed by atoms with van der Waals surface area (Å²) in [5.41, 5.74) is 6.77. The van der Waals surface area contributed by atoms with Crippen molar-refractivity contribution in [3.63, 3.8) is 0 Å². The molecule has 3 rings (SSSR count). The molecule has 0 bridgehead atoms. The zero-order valence-electron chi connectivity index (χ0n) is 14.0. The molecule has 2 aromatic heterocycles. The Bertz CT molecular complexity index is 838. The Kier molecular flexibility index (Phi) is 5.47. The van der Waals surface area contributed by atoms with Gasteiger partial charge in [0.1, 0.15) is 0 Å². The minimum Gasteiger partial charge on any atom is -0.368 e. The average Bonchev–Trinajstić information content (AvgIpc) is 2.99. The van der Waals surface area contributed by atoms with Crippen LogP contribution in [0.2, 0.25) is 4.34 Å². The summed E-state index contributed by atoms with van der Waals surface area (Å²) in [7, 11) is 2.02. The normalized spacial score (nSPS) is 12.3. The third-order valence-electron chi connectivity index (χ3n) is 3.77. The molecular formula is C17H19ClN6S. The third-order valence-corrected chi connectivity index (χ3v) is 4.98. The largest absolute Gasteiger partial charge is 0.368 e. The molecule has 0 radical (unpaired) electrons. The van der Waals surface area contributed by atoms with Crippen molar-refractivity contribution in [3.05, 3.63) is 57.5 Å². The van der Waals surface area contributed by atoms with Crippen LogP contribution in [0, 0.1) is 0 Å². The molecule has 0 saturated heterocycles. The van der Waals surface area contributed by atoms with Gasteiger partial charge < -0.3 is 11.1 Å². The zero-order valence-corrected chi connectivity index (χ0v) is 15.6. The Labute approximate surface area is 155 Å². The molecule has 3 N–H and O–H groups in total. The van der Waals surface area contributed by atoms with E-state index in [1.807, 2.05) is 56.4 Å². The fraction of sp³-hybridized carbons (Fsp3) is 0.235. The summed E-state index contributed by atoms with van der Waals surface area (Å²) in [6, 6.07) is 13.6. The second-order valence-corrected chi connectivity index (χ2v) is 7.46. The summed E-state index contributed by atoms with van der Waals surface area (Å²) < 4.78 is 0.787. The van der Waals surface area contributed by atoms with E-state index in [4.69, 9.17) is 17.3 Å². The first-order valence-electron chi connectivity index (χ1n) is 7.79. The Morgan fingerprint density at radius 1 is 1.16 bits per heavy atom. The van der Waals surface area contributed by atoms with Crippen LogP contribution in [-0.2, 0) is 6.54 Å². The SMILES string of the molecule is CC(c1nc(N)nc(Nc2ccccc2)n1)N(C)Cc1ccc(Cl)s1. The van der Waals surface area contributed by atoms with Crippen LogP contribution < -0.4 is 11.1 Å². The van der Waals surface area contributed by atoms with Gasteiger partial charge in [0.2, 0.25) is 11.9 Å².